The molecule has 1 fully saturated rings. The van der Waals surface area contributed by atoms with E-state index in [9.17, 15) is 4.79 Å². The van der Waals surface area contributed by atoms with Crippen molar-refractivity contribution in [3.05, 3.63) is 0 Å². The predicted molar refractivity (Wildman–Crippen MR) is 65.9 cm³/mol. The number of carbonyl (C=O) groups is 1. The van der Waals surface area contributed by atoms with E-state index in [1.807, 2.05) is 4.90 Å². The van der Waals surface area contributed by atoms with E-state index in [1.165, 1.54) is 0 Å². The van der Waals surface area contributed by atoms with Gasteiger partial charge < -0.3 is 19.3 Å². The average Bonchev–Trinajstić information content (AvgIpc) is 2.66. The van der Waals surface area contributed by atoms with Crippen molar-refractivity contribution in [2.24, 2.45) is 5.92 Å². The molecule has 0 spiro atoms. The lowest BCUT2D eigenvalue weighted by Crippen LogP contribution is -2.37. The van der Waals surface area contributed by atoms with Gasteiger partial charge in [-0.25, -0.2) is 0 Å². The van der Waals surface area contributed by atoms with E-state index < -0.39 is 0 Å². The minimum absolute atomic E-state index is 0.0808. The quantitative estimate of drug-likeness (QED) is 0.620. The van der Waals surface area contributed by atoms with Crippen LogP contribution in [0.1, 0.15) is 6.92 Å². The Balaban J connectivity index is 2.29. The predicted octanol–water partition coefficient (Wildman–Crippen LogP) is 0.0579. The van der Waals surface area contributed by atoms with Crippen LogP contribution in [-0.4, -0.2) is 75.9 Å². The smallest absolute Gasteiger partial charge is 0.248 e. The number of rotatable bonds is 6. The standard InChI is InChI=1S/C12H24N2O3/c1-10-7-14(8-11(10)13(2)3)12(15)9-17-6-5-16-4/h10-11H,5-9H2,1-4H3. The van der Waals surface area contributed by atoms with Crippen molar-refractivity contribution >= 4 is 5.91 Å². The fraction of sp³-hybridized carbons (Fsp3) is 0.917. The highest BCUT2D eigenvalue weighted by Crippen LogP contribution is 2.19. The molecule has 0 aromatic heterocycles. The minimum atomic E-state index is 0.0808. The molecule has 1 amide bonds. The molecule has 0 aromatic carbocycles. The molecule has 2 unspecified atom stereocenters. The lowest BCUT2D eigenvalue weighted by atomic mass is 10.1. The van der Waals surface area contributed by atoms with Crippen molar-refractivity contribution in [2.75, 3.05) is 54.1 Å². The highest BCUT2D eigenvalue weighted by Gasteiger charge is 2.33. The normalized spacial score (nSPS) is 24.6. The molecule has 1 aliphatic heterocycles. The molecule has 5 nitrogen and oxygen atoms in total. The van der Waals surface area contributed by atoms with E-state index in [2.05, 4.69) is 25.9 Å². The largest absolute Gasteiger partial charge is 0.382 e. The summed E-state index contributed by atoms with van der Waals surface area (Å²) in [5, 5.41) is 0. The number of ether oxygens (including phenoxy) is 2. The van der Waals surface area contributed by atoms with Crippen LogP contribution in [0.25, 0.3) is 0 Å². The van der Waals surface area contributed by atoms with Crippen LogP contribution >= 0.6 is 0 Å². The number of likely N-dealkylation sites (N-methyl/N-ethyl adjacent to an activating group) is 1. The summed E-state index contributed by atoms with van der Waals surface area (Å²) in [5.74, 6) is 0.602. The lowest BCUT2D eigenvalue weighted by Gasteiger charge is -2.22. The third kappa shape index (κ3) is 4.26. The van der Waals surface area contributed by atoms with Crippen molar-refractivity contribution in [2.45, 2.75) is 13.0 Å². The maximum Gasteiger partial charge on any atom is 0.248 e. The second kappa shape index (κ2) is 6.93. The Morgan fingerprint density at radius 3 is 2.59 bits per heavy atom. The van der Waals surface area contributed by atoms with Crippen molar-refractivity contribution in [1.82, 2.24) is 9.80 Å². The molecule has 17 heavy (non-hydrogen) atoms. The van der Waals surface area contributed by atoms with E-state index in [0.717, 1.165) is 13.1 Å². The number of hydrogen-bond acceptors (Lipinski definition) is 4. The molecule has 100 valence electrons. The van der Waals surface area contributed by atoms with Crippen molar-refractivity contribution in [3.8, 4) is 0 Å². The first-order chi connectivity index (χ1) is 8.06. The Bertz CT molecular complexity index is 246. The Morgan fingerprint density at radius 1 is 1.35 bits per heavy atom. The zero-order chi connectivity index (χ0) is 12.8. The lowest BCUT2D eigenvalue weighted by molar-refractivity contribution is -0.135. The van der Waals surface area contributed by atoms with E-state index in [1.54, 1.807) is 7.11 Å². The van der Waals surface area contributed by atoms with Gasteiger partial charge in [-0.3, -0.25) is 4.79 Å². The monoisotopic (exact) mass is 244 g/mol. The first-order valence-corrected chi connectivity index (χ1v) is 6.07. The summed E-state index contributed by atoms with van der Waals surface area (Å²) in [7, 11) is 5.74. The second-order valence-corrected chi connectivity index (χ2v) is 4.85. The Hall–Kier alpha value is -0.650. The molecular formula is C12H24N2O3. The highest BCUT2D eigenvalue weighted by atomic mass is 16.5. The molecule has 0 radical (unpaired) electrons. The summed E-state index contributed by atoms with van der Waals surface area (Å²) < 4.78 is 10.1. The Morgan fingerprint density at radius 2 is 2.06 bits per heavy atom. The van der Waals surface area contributed by atoms with Gasteiger partial charge in [-0.2, -0.15) is 0 Å². The van der Waals surface area contributed by atoms with Crippen molar-refractivity contribution < 1.29 is 14.3 Å². The molecule has 1 saturated heterocycles. The number of hydrogen-bond donors (Lipinski definition) is 0. The van der Waals surface area contributed by atoms with Crippen LogP contribution in [0, 0.1) is 5.92 Å². The molecule has 0 aliphatic carbocycles. The number of methoxy groups -OCH3 is 1. The Labute approximate surface area is 104 Å². The molecule has 0 saturated carbocycles. The van der Waals surface area contributed by atoms with Crippen LogP contribution in [0.2, 0.25) is 0 Å². The molecule has 0 aromatic rings. The molecule has 1 rings (SSSR count). The summed E-state index contributed by atoms with van der Waals surface area (Å²) in [6.07, 6.45) is 0. The van der Waals surface area contributed by atoms with Gasteiger partial charge in [-0.1, -0.05) is 6.92 Å². The maximum absolute atomic E-state index is 11.9. The van der Waals surface area contributed by atoms with Crippen LogP contribution in [-0.2, 0) is 14.3 Å². The van der Waals surface area contributed by atoms with E-state index in [0.29, 0.717) is 25.2 Å². The number of carbonyl (C=O) groups excluding carboxylic acids is 1. The van der Waals surface area contributed by atoms with Gasteiger partial charge >= 0.3 is 0 Å². The number of likely N-dealkylation sites (tertiary alicyclic amines) is 1. The fourth-order valence-electron chi connectivity index (χ4n) is 2.22. The molecule has 1 aliphatic rings. The molecular weight excluding hydrogens is 220 g/mol. The summed E-state index contributed by atoms with van der Waals surface area (Å²) in [4.78, 5) is 15.9. The van der Waals surface area contributed by atoms with Gasteiger partial charge in [0.15, 0.2) is 0 Å². The van der Waals surface area contributed by atoms with E-state index >= 15 is 0 Å². The molecule has 0 bridgehead atoms. The van der Waals surface area contributed by atoms with Crippen LogP contribution in [0.15, 0.2) is 0 Å². The first-order valence-electron chi connectivity index (χ1n) is 6.07. The molecule has 0 N–H and O–H groups in total. The zero-order valence-electron chi connectivity index (χ0n) is 11.3. The number of amides is 1. The van der Waals surface area contributed by atoms with Gasteiger partial charge in [-0.15, -0.1) is 0 Å². The minimum Gasteiger partial charge on any atom is -0.382 e. The van der Waals surface area contributed by atoms with E-state index in [-0.39, 0.29) is 12.5 Å². The van der Waals surface area contributed by atoms with Crippen LogP contribution in [0.5, 0.6) is 0 Å². The third-order valence-electron chi connectivity index (χ3n) is 3.25. The maximum atomic E-state index is 11.9. The average molecular weight is 244 g/mol. The third-order valence-corrected chi connectivity index (χ3v) is 3.25. The van der Waals surface area contributed by atoms with Gasteiger partial charge in [-0.05, 0) is 20.0 Å². The summed E-state index contributed by atoms with van der Waals surface area (Å²) >= 11 is 0. The van der Waals surface area contributed by atoms with Crippen LogP contribution in [0.4, 0.5) is 0 Å². The first kappa shape index (κ1) is 14.4. The van der Waals surface area contributed by atoms with Gasteiger partial charge in [0, 0.05) is 26.2 Å². The van der Waals surface area contributed by atoms with E-state index in [4.69, 9.17) is 9.47 Å². The zero-order valence-corrected chi connectivity index (χ0v) is 11.3. The molecule has 5 heteroatoms. The number of nitrogens with zero attached hydrogens (tertiary/aromatic N) is 2. The van der Waals surface area contributed by atoms with Gasteiger partial charge in [0.25, 0.3) is 0 Å². The molecule has 2 atom stereocenters. The second-order valence-electron chi connectivity index (χ2n) is 4.85. The highest BCUT2D eigenvalue weighted by molar-refractivity contribution is 5.77. The van der Waals surface area contributed by atoms with Crippen LogP contribution in [0.3, 0.4) is 0 Å². The van der Waals surface area contributed by atoms with Gasteiger partial charge in [0.05, 0.1) is 13.2 Å². The topological polar surface area (TPSA) is 42.0 Å². The summed E-state index contributed by atoms with van der Waals surface area (Å²) in [6.45, 7) is 4.99. The van der Waals surface area contributed by atoms with Crippen molar-refractivity contribution in [3.63, 3.8) is 0 Å². The summed E-state index contributed by atoms with van der Waals surface area (Å²) in [6, 6.07) is 0.456. The van der Waals surface area contributed by atoms with Crippen molar-refractivity contribution in [1.29, 1.82) is 0 Å². The molecule has 1 heterocycles. The van der Waals surface area contributed by atoms with Crippen LogP contribution < -0.4 is 0 Å². The summed E-state index contributed by atoms with van der Waals surface area (Å²) in [5.41, 5.74) is 0. The van der Waals surface area contributed by atoms with Gasteiger partial charge in [0.2, 0.25) is 5.91 Å². The Kier molecular flexibility index (Phi) is 5.88. The fourth-order valence-corrected chi connectivity index (χ4v) is 2.22. The SMILES string of the molecule is COCCOCC(=O)N1CC(C)C(N(C)C)C1. The van der Waals surface area contributed by atoms with Gasteiger partial charge in [0.1, 0.15) is 6.61 Å².